The van der Waals surface area contributed by atoms with Crippen LogP contribution in [0.5, 0.6) is 0 Å². The molecule has 1 atom stereocenters. The minimum Gasteiger partial charge on any atom is -0.323 e. The molecule has 2 N–H and O–H groups in total. The third-order valence-electron chi connectivity index (χ3n) is 2.18. The van der Waals surface area contributed by atoms with Crippen LogP contribution in [-0.4, -0.2) is 8.75 Å². The number of nitrogens with zero attached hydrogens (tertiary/aromatic N) is 2. The molecule has 1 rings (SSSR count). The van der Waals surface area contributed by atoms with E-state index in [-0.39, 0.29) is 6.04 Å². The van der Waals surface area contributed by atoms with Crippen LogP contribution in [-0.2, 0) is 0 Å². The van der Waals surface area contributed by atoms with Gasteiger partial charge in [0.05, 0.1) is 23.6 Å². The molecular weight excluding hydrogens is 194 g/mol. The Morgan fingerprint density at radius 3 is 3.00 bits per heavy atom. The van der Waals surface area contributed by atoms with Gasteiger partial charge in [-0.3, -0.25) is 0 Å². The molecule has 1 aromatic heterocycles. The maximum Gasteiger partial charge on any atom is 0.0910 e. The molecule has 0 spiro atoms. The highest BCUT2D eigenvalue weighted by Crippen LogP contribution is 2.15. The highest BCUT2D eigenvalue weighted by molar-refractivity contribution is 6.99. The van der Waals surface area contributed by atoms with Crippen molar-refractivity contribution in [2.24, 2.45) is 5.73 Å². The Bertz CT molecular complexity index is 246. The van der Waals surface area contributed by atoms with Gasteiger partial charge < -0.3 is 5.73 Å². The van der Waals surface area contributed by atoms with Crippen molar-refractivity contribution in [3.63, 3.8) is 0 Å². The van der Waals surface area contributed by atoms with Crippen LogP contribution in [0.2, 0.25) is 0 Å². The van der Waals surface area contributed by atoms with Crippen LogP contribution in [0, 0.1) is 0 Å². The van der Waals surface area contributed by atoms with Crippen LogP contribution >= 0.6 is 11.7 Å². The predicted molar refractivity (Wildman–Crippen MR) is 60.1 cm³/mol. The van der Waals surface area contributed by atoms with Gasteiger partial charge in [0.25, 0.3) is 0 Å². The molecule has 3 nitrogen and oxygen atoms in total. The molecule has 78 valence electrons. The largest absolute Gasteiger partial charge is 0.323 e. The lowest BCUT2D eigenvalue weighted by molar-refractivity contribution is 0.565. The first-order chi connectivity index (χ1) is 6.84. The summed E-state index contributed by atoms with van der Waals surface area (Å²) < 4.78 is 8.06. The van der Waals surface area contributed by atoms with Crippen molar-refractivity contribution in [3.8, 4) is 0 Å². The Labute approximate surface area is 89.4 Å². The van der Waals surface area contributed by atoms with Crippen LogP contribution in [0.4, 0.5) is 0 Å². The van der Waals surface area contributed by atoms with Gasteiger partial charge in [-0.15, -0.1) is 6.58 Å². The van der Waals surface area contributed by atoms with Crippen LogP contribution in [0.25, 0.3) is 0 Å². The average Bonchev–Trinajstić information content (AvgIpc) is 2.70. The van der Waals surface area contributed by atoms with E-state index in [1.54, 1.807) is 6.20 Å². The Morgan fingerprint density at radius 1 is 1.50 bits per heavy atom. The second kappa shape index (κ2) is 6.68. The molecule has 0 aliphatic heterocycles. The Hall–Kier alpha value is -0.740. The predicted octanol–water partition coefficient (Wildman–Crippen LogP) is 2.67. The van der Waals surface area contributed by atoms with Crippen molar-refractivity contribution in [2.75, 3.05) is 0 Å². The zero-order valence-electron chi connectivity index (χ0n) is 8.35. The summed E-state index contributed by atoms with van der Waals surface area (Å²) >= 11 is 1.22. The second-order valence-electron chi connectivity index (χ2n) is 3.37. The van der Waals surface area contributed by atoms with E-state index in [0.717, 1.165) is 25.0 Å². The maximum atomic E-state index is 5.94. The number of hydrogen-bond donors (Lipinski definition) is 1. The summed E-state index contributed by atoms with van der Waals surface area (Å²) in [4.78, 5) is 0. The molecule has 1 heterocycles. The monoisotopic (exact) mass is 211 g/mol. The lowest BCUT2D eigenvalue weighted by Gasteiger charge is -2.06. The smallest absolute Gasteiger partial charge is 0.0910 e. The molecule has 0 amide bonds. The first-order valence-corrected chi connectivity index (χ1v) is 5.71. The molecule has 1 aromatic rings. The standard InChI is InChI=1S/C10H17N3S/c1-2-3-4-5-6-7-9(11)10-8-12-14-13-10/h2,8-9H,1,3-7,11H2. The summed E-state index contributed by atoms with van der Waals surface area (Å²) in [5.41, 5.74) is 6.87. The molecule has 0 aromatic carbocycles. The van der Waals surface area contributed by atoms with Crippen LogP contribution in [0.3, 0.4) is 0 Å². The van der Waals surface area contributed by atoms with Gasteiger partial charge in [0.1, 0.15) is 0 Å². The molecule has 0 fully saturated rings. The molecule has 0 aliphatic carbocycles. The van der Waals surface area contributed by atoms with Gasteiger partial charge in [-0.2, -0.15) is 8.75 Å². The van der Waals surface area contributed by atoms with Crippen LogP contribution < -0.4 is 5.73 Å². The fraction of sp³-hybridized carbons (Fsp3) is 0.600. The molecule has 0 aliphatic rings. The zero-order valence-corrected chi connectivity index (χ0v) is 9.17. The minimum atomic E-state index is 0.0671. The fourth-order valence-corrected chi connectivity index (χ4v) is 1.79. The molecule has 0 saturated heterocycles. The van der Waals surface area contributed by atoms with Gasteiger partial charge in [-0.25, -0.2) is 0 Å². The van der Waals surface area contributed by atoms with E-state index < -0.39 is 0 Å². The Kier molecular flexibility index (Phi) is 5.40. The summed E-state index contributed by atoms with van der Waals surface area (Å²) in [6.07, 6.45) is 9.43. The average molecular weight is 211 g/mol. The van der Waals surface area contributed by atoms with Gasteiger partial charge in [-0.1, -0.05) is 18.9 Å². The third-order valence-corrected chi connectivity index (χ3v) is 2.67. The lowest BCUT2D eigenvalue weighted by atomic mass is 10.1. The van der Waals surface area contributed by atoms with Crippen molar-refractivity contribution in [1.82, 2.24) is 8.75 Å². The fourth-order valence-electron chi connectivity index (χ4n) is 1.31. The summed E-state index contributed by atoms with van der Waals surface area (Å²) in [5, 5.41) is 0. The van der Waals surface area contributed by atoms with E-state index in [4.69, 9.17) is 5.73 Å². The van der Waals surface area contributed by atoms with Gasteiger partial charge in [0.2, 0.25) is 0 Å². The summed E-state index contributed by atoms with van der Waals surface area (Å²) in [6, 6.07) is 0.0671. The highest BCUT2D eigenvalue weighted by atomic mass is 32.1. The Balaban J connectivity index is 2.10. The van der Waals surface area contributed by atoms with Crippen molar-refractivity contribution >= 4 is 11.7 Å². The number of unbranched alkanes of at least 4 members (excludes halogenated alkanes) is 3. The summed E-state index contributed by atoms with van der Waals surface area (Å²) in [5.74, 6) is 0. The SMILES string of the molecule is C=CCCCCCC(N)c1cnsn1. The number of allylic oxidation sites excluding steroid dienone is 1. The normalized spacial score (nSPS) is 12.6. The van der Waals surface area contributed by atoms with E-state index in [2.05, 4.69) is 15.3 Å². The maximum absolute atomic E-state index is 5.94. The molecule has 1 unspecified atom stereocenters. The van der Waals surface area contributed by atoms with Gasteiger partial charge >= 0.3 is 0 Å². The first-order valence-electron chi connectivity index (χ1n) is 4.98. The third kappa shape index (κ3) is 3.98. The van der Waals surface area contributed by atoms with E-state index in [1.165, 1.54) is 24.6 Å². The molecule has 4 heteroatoms. The van der Waals surface area contributed by atoms with Crippen molar-refractivity contribution in [3.05, 3.63) is 24.5 Å². The number of rotatable bonds is 7. The Morgan fingerprint density at radius 2 is 2.36 bits per heavy atom. The quantitative estimate of drug-likeness (QED) is 0.557. The molecular formula is C10H17N3S. The molecule has 14 heavy (non-hydrogen) atoms. The molecule has 0 bridgehead atoms. The first kappa shape index (κ1) is 11.3. The molecule has 0 saturated carbocycles. The van der Waals surface area contributed by atoms with Crippen molar-refractivity contribution < 1.29 is 0 Å². The van der Waals surface area contributed by atoms with E-state index in [9.17, 15) is 0 Å². The van der Waals surface area contributed by atoms with Crippen LogP contribution in [0.1, 0.15) is 43.8 Å². The minimum absolute atomic E-state index is 0.0671. The van der Waals surface area contributed by atoms with E-state index >= 15 is 0 Å². The van der Waals surface area contributed by atoms with Gasteiger partial charge in [0.15, 0.2) is 0 Å². The number of nitrogens with two attached hydrogens (primary N) is 1. The van der Waals surface area contributed by atoms with Crippen LogP contribution in [0.15, 0.2) is 18.9 Å². The van der Waals surface area contributed by atoms with Gasteiger partial charge in [-0.05, 0) is 19.3 Å². The lowest BCUT2D eigenvalue weighted by Crippen LogP contribution is -2.10. The summed E-state index contributed by atoms with van der Waals surface area (Å²) in [7, 11) is 0. The zero-order chi connectivity index (χ0) is 10.2. The van der Waals surface area contributed by atoms with Crippen molar-refractivity contribution in [1.29, 1.82) is 0 Å². The molecule has 0 radical (unpaired) electrons. The van der Waals surface area contributed by atoms with E-state index in [1.807, 2.05) is 6.08 Å². The topological polar surface area (TPSA) is 51.8 Å². The second-order valence-corrected chi connectivity index (χ2v) is 3.92. The number of hydrogen-bond acceptors (Lipinski definition) is 4. The van der Waals surface area contributed by atoms with Gasteiger partial charge in [0, 0.05) is 6.04 Å². The van der Waals surface area contributed by atoms with Crippen molar-refractivity contribution in [2.45, 2.75) is 38.1 Å². The number of aromatic nitrogens is 2. The van der Waals surface area contributed by atoms with E-state index in [0.29, 0.717) is 0 Å². The summed E-state index contributed by atoms with van der Waals surface area (Å²) in [6.45, 7) is 3.69. The highest BCUT2D eigenvalue weighted by Gasteiger charge is 2.07.